The van der Waals surface area contributed by atoms with E-state index in [0.29, 0.717) is 17.6 Å². The molecular weight excluding hydrogens is 331 g/mol. The summed E-state index contributed by atoms with van der Waals surface area (Å²) in [5.74, 6) is -0.477. The van der Waals surface area contributed by atoms with Crippen molar-refractivity contribution in [3.63, 3.8) is 0 Å². The molecule has 1 aromatic carbocycles. The Labute approximate surface area is 132 Å². The summed E-state index contributed by atoms with van der Waals surface area (Å²) < 4.78 is 60.1. The fourth-order valence-corrected chi connectivity index (χ4v) is 4.03. The summed E-state index contributed by atoms with van der Waals surface area (Å²) in [6.07, 6.45) is -2.77. The van der Waals surface area contributed by atoms with Gasteiger partial charge in [0, 0.05) is 12.1 Å². The van der Waals surface area contributed by atoms with Gasteiger partial charge in [-0.05, 0) is 36.6 Å². The molecule has 1 amide bonds. The smallest absolute Gasteiger partial charge is 0.349 e. The summed E-state index contributed by atoms with van der Waals surface area (Å²) >= 11 is 0. The zero-order chi connectivity index (χ0) is 17.3. The number of sulfone groups is 1. The van der Waals surface area contributed by atoms with E-state index in [2.05, 4.69) is 5.32 Å². The molecule has 1 aliphatic heterocycles. The lowest BCUT2D eigenvalue weighted by atomic mass is 10.0. The first-order valence-corrected chi connectivity index (χ1v) is 8.76. The van der Waals surface area contributed by atoms with Crippen LogP contribution in [0.4, 0.5) is 13.2 Å². The number of hydrogen-bond donors (Lipinski definition) is 1. The average Bonchev–Trinajstić information content (AvgIpc) is 2.76. The first-order valence-electron chi connectivity index (χ1n) is 6.94. The molecule has 2 rings (SSSR count). The van der Waals surface area contributed by atoms with Crippen molar-refractivity contribution in [2.75, 3.05) is 11.5 Å². The number of nitrogens with one attached hydrogen (secondary N) is 1. The molecule has 0 unspecified atom stereocenters. The lowest BCUT2D eigenvalue weighted by molar-refractivity contribution is -0.137. The Kier molecular flexibility index (Phi) is 4.84. The Morgan fingerprint density at radius 1 is 1.26 bits per heavy atom. The summed E-state index contributed by atoms with van der Waals surface area (Å²) in [6.45, 7) is 1.60. The Bertz CT molecular complexity index is 721. The fraction of sp³-hybridized carbons (Fsp3) is 0.400. The fourth-order valence-electron chi connectivity index (χ4n) is 2.35. The number of halogens is 3. The number of rotatable bonds is 3. The summed E-state index contributed by atoms with van der Waals surface area (Å²) in [4.78, 5) is 11.9. The van der Waals surface area contributed by atoms with Gasteiger partial charge >= 0.3 is 6.18 Å². The van der Waals surface area contributed by atoms with E-state index in [1.54, 1.807) is 6.92 Å². The number of amides is 1. The molecule has 1 N–H and O–H groups in total. The minimum Gasteiger partial charge on any atom is -0.349 e. The number of carbonyl (C=O) groups excluding carboxylic acids is 1. The van der Waals surface area contributed by atoms with Crippen LogP contribution >= 0.6 is 0 Å². The van der Waals surface area contributed by atoms with Crippen molar-refractivity contribution >= 4 is 21.3 Å². The molecule has 1 aromatic rings. The molecular formula is C15H16F3NO3S. The molecule has 1 heterocycles. The molecule has 0 aromatic heterocycles. The quantitative estimate of drug-likeness (QED) is 0.854. The van der Waals surface area contributed by atoms with Crippen LogP contribution in [0.3, 0.4) is 0 Å². The molecule has 1 fully saturated rings. The molecule has 0 radical (unpaired) electrons. The van der Waals surface area contributed by atoms with Gasteiger partial charge in [-0.15, -0.1) is 0 Å². The van der Waals surface area contributed by atoms with Gasteiger partial charge in [-0.25, -0.2) is 8.42 Å². The van der Waals surface area contributed by atoms with Crippen LogP contribution in [0.1, 0.15) is 24.5 Å². The zero-order valence-corrected chi connectivity index (χ0v) is 13.2. The maximum Gasteiger partial charge on any atom is 0.416 e. The van der Waals surface area contributed by atoms with Crippen molar-refractivity contribution < 1.29 is 26.4 Å². The van der Waals surface area contributed by atoms with Crippen LogP contribution in [-0.2, 0) is 20.8 Å². The van der Waals surface area contributed by atoms with Gasteiger partial charge in [-0.1, -0.05) is 12.1 Å². The van der Waals surface area contributed by atoms with Crippen molar-refractivity contribution in [3.05, 3.63) is 41.5 Å². The number of benzene rings is 1. The second-order valence-corrected chi connectivity index (χ2v) is 7.74. The molecule has 0 saturated carbocycles. The van der Waals surface area contributed by atoms with Gasteiger partial charge in [0.15, 0.2) is 9.84 Å². The maximum absolute atomic E-state index is 12.5. The van der Waals surface area contributed by atoms with Gasteiger partial charge in [0.2, 0.25) is 5.91 Å². The third-order valence-corrected chi connectivity index (χ3v) is 5.36. The van der Waals surface area contributed by atoms with Crippen LogP contribution in [0.2, 0.25) is 0 Å². The Morgan fingerprint density at radius 3 is 2.35 bits per heavy atom. The average molecular weight is 347 g/mol. The van der Waals surface area contributed by atoms with Crippen LogP contribution < -0.4 is 5.32 Å². The highest BCUT2D eigenvalue weighted by atomic mass is 32.2. The molecule has 23 heavy (non-hydrogen) atoms. The summed E-state index contributed by atoms with van der Waals surface area (Å²) in [5, 5.41) is 2.60. The highest BCUT2D eigenvalue weighted by Gasteiger charge is 2.30. The maximum atomic E-state index is 12.5. The summed E-state index contributed by atoms with van der Waals surface area (Å²) in [6, 6.07) is 4.08. The standard InChI is InChI=1S/C15H16F3NO3S/c1-10(11-2-4-12(5-3-11)15(16,17)18)8-14(20)19-13-6-7-23(21,22)9-13/h2-5,8,13H,6-7,9H2,1H3,(H,19,20)/b10-8+/t13-/m1/s1. The van der Waals surface area contributed by atoms with E-state index >= 15 is 0 Å². The minimum atomic E-state index is -4.40. The summed E-state index contributed by atoms with van der Waals surface area (Å²) in [7, 11) is -3.08. The van der Waals surface area contributed by atoms with E-state index in [9.17, 15) is 26.4 Å². The Balaban J connectivity index is 2.03. The van der Waals surface area contributed by atoms with Gasteiger partial charge < -0.3 is 5.32 Å². The molecule has 126 valence electrons. The molecule has 4 nitrogen and oxygen atoms in total. The van der Waals surface area contributed by atoms with E-state index in [-0.39, 0.29) is 11.5 Å². The third kappa shape index (κ3) is 4.82. The number of alkyl halides is 3. The van der Waals surface area contributed by atoms with Crippen LogP contribution in [0, 0.1) is 0 Å². The second kappa shape index (κ2) is 6.35. The van der Waals surface area contributed by atoms with Crippen LogP contribution in [0.25, 0.3) is 5.57 Å². The van der Waals surface area contributed by atoms with Crippen molar-refractivity contribution in [2.24, 2.45) is 0 Å². The first-order chi connectivity index (χ1) is 10.6. The minimum absolute atomic E-state index is 0.0551. The van der Waals surface area contributed by atoms with Gasteiger partial charge in [0.1, 0.15) is 0 Å². The molecule has 1 aliphatic rings. The van der Waals surface area contributed by atoms with Crippen LogP contribution in [0.5, 0.6) is 0 Å². The molecule has 1 atom stereocenters. The van der Waals surface area contributed by atoms with Crippen molar-refractivity contribution in [3.8, 4) is 0 Å². The lowest BCUT2D eigenvalue weighted by Crippen LogP contribution is -2.34. The van der Waals surface area contributed by atoms with E-state index in [1.807, 2.05) is 0 Å². The monoisotopic (exact) mass is 347 g/mol. The second-order valence-electron chi connectivity index (χ2n) is 5.51. The van der Waals surface area contributed by atoms with Crippen molar-refractivity contribution in [2.45, 2.75) is 25.6 Å². The Morgan fingerprint density at radius 2 is 1.87 bits per heavy atom. The number of hydrogen-bond acceptors (Lipinski definition) is 3. The molecule has 0 bridgehead atoms. The predicted molar refractivity (Wildman–Crippen MR) is 80.3 cm³/mol. The molecule has 0 spiro atoms. The normalized spacial score (nSPS) is 21.2. The van der Waals surface area contributed by atoms with Gasteiger partial charge in [0.25, 0.3) is 0 Å². The SMILES string of the molecule is C/C(=C\C(=O)N[C@@H]1CCS(=O)(=O)C1)c1ccc(C(F)(F)F)cc1. The van der Waals surface area contributed by atoms with Gasteiger partial charge in [-0.3, -0.25) is 4.79 Å². The Hall–Kier alpha value is -1.83. The van der Waals surface area contributed by atoms with Gasteiger partial charge in [-0.2, -0.15) is 13.2 Å². The number of carbonyl (C=O) groups is 1. The zero-order valence-electron chi connectivity index (χ0n) is 12.4. The molecule has 1 saturated heterocycles. The van der Waals surface area contributed by atoms with Crippen LogP contribution in [0.15, 0.2) is 30.3 Å². The van der Waals surface area contributed by atoms with E-state index in [1.165, 1.54) is 18.2 Å². The number of allylic oxidation sites excluding steroid dienone is 1. The molecule has 0 aliphatic carbocycles. The van der Waals surface area contributed by atoms with Crippen molar-refractivity contribution in [1.29, 1.82) is 0 Å². The van der Waals surface area contributed by atoms with Crippen molar-refractivity contribution in [1.82, 2.24) is 5.32 Å². The third-order valence-electron chi connectivity index (χ3n) is 3.59. The first kappa shape index (κ1) is 17.5. The highest BCUT2D eigenvalue weighted by Crippen LogP contribution is 2.30. The van der Waals surface area contributed by atoms with Gasteiger partial charge in [0.05, 0.1) is 17.1 Å². The van der Waals surface area contributed by atoms with E-state index in [4.69, 9.17) is 0 Å². The summed E-state index contributed by atoms with van der Waals surface area (Å²) in [5.41, 5.74) is 0.235. The van der Waals surface area contributed by atoms with E-state index in [0.717, 1.165) is 12.1 Å². The topological polar surface area (TPSA) is 63.2 Å². The molecule has 8 heteroatoms. The van der Waals surface area contributed by atoms with E-state index < -0.39 is 33.5 Å². The largest absolute Gasteiger partial charge is 0.416 e. The lowest BCUT2D eigenvalue weighted by Gasteiger charge is -2.10. The predicted octanol–water partition coefficient (Wildman–Crippen LogP) is 2.41. The van der Waals surface area contributed by atoms with Crippen LogP contribution in [-0.4, -0.2) is 31.9 Å². The highest BCUT2D eigenvalue weighted by molar-refractivity contribution is 7.91.